The van der Waals surface area contributed by atoms with Gasteiger partial charge in [0, 0.05) is 44.5 Å². The van der Waals surface area contributed by atoms with Crippen LogP contribution in [0.4, 0.5) is 9.18 Å². The number of esters is 1. The van der Waals surface area contributed by atoms with Crippen LogP contribution in [0, 0.1) is 12.7 Å². The lowest BCUT2D eigenvalue weighted by Crippen LogP contribution is -2.56. The first-order chi connectivity index (χ1) is 18.6. The minimum Gasteiger partial charge on any atom is -0.463 e. The number of carbonyl (C=O) groups excluding carboxylic acids is 2. The molecule has 1 N–H and O–H groups in total. The van der Waals surface area contributed by atoms with E-state index in [-0.39, 0.29) is 36.2 Å². The van der Waals surface area contributed by atoms with Gasteiger partial charge in [0.05, 0.1) is 23.1 Å². The number of rotatable bonds is 8. The molecule has 9 nitrogen and oxygen atoms in total. The molecule has 2 aliphatic rings. The summed E-state index contributed by atoms with van der Waals surface area (Å²) >= 11 is 0. The van der Waals surface area contributed by atoms with Gasteiger partial charge in [-0.25, -0.2) is 22.4 Å². The number of hydrogen-bond donors (Lipinski definition) is 1. The first kappa shape index (κ1) is 28.7. The van der Waals surface area contributed by atoms with Crippen molar-refractivity contribution < 1.29 is 27.1 Å². The van der Waals surface area contributed by atoms with E-state index >= 15 is 0 Å². The fourth-order valence-corrected chi connectivity index (χ4v) is 6.78. The molecule has 2 aliphatic heterocycles. The molecule has 4 rings (SSSR count). The quantitative estimate of drug-likeness (QED) is 0.499. The lowest BCUT2D eigenvalue weighted by atomic mass is 9.94. The third kappa shape index (κ3) is 6.00. The number of aryl methyl sites for hydroxylation is 1. The zero-order chi connectivity index (χ0) is 28.3. The maximum absolute atomic E-state index is 14.1. The van der Waals surface area contributed by atoms with Gasteiger partial charge in [-0.3, -0.25) is 9.80 Å². The molecule has 0 aromatic heterocycles. The fraction of sp³-hybridized carbons (Fsp3) is 0.429. The minimum absolute atomic E-state index is 0.137. The number of piperazine rings is 1. The molecule has 210 valence electrons. The number of ether oxygens (including phenoxy) is 1. The van der Waals surface area contributed by atoms with Crippen LogP contribution >= 0.6 is 0 Å². The van der Waals surface area contributed by atoms with Crippen molar-refractivity contribution in [1.29, 1.82) is 0 Å². The summed E-state index contributed by atoms with van der Waals surface area (Å²) in [5.41, 5.74) is 2.12. The van der Waals surface area contributed by atoms with Crippen LogP contribution in [0.2, 0.25) is 0 Å². The van der Waals surface area contributed by atoms with Crippen molar-refractivity contribution in [2.24, 2.45) is 0 Å². The van der Waals surface area contributed by atoms with E-state index in [1.807, 2.05) is 18.7 Å². The Morgan fingerprint density at radius 3 is 2.46 bits per heavy atom. The van der Waals surface area contributed by atoms with Crippen molar-refractivity contribution in [2.75, 3.05) is 39.3 Å². The van der Waals surface area contributed by atoms with Gasteiger partial charge in [-0.2, -0.15) is 4.31 Å². The summed E-state index contributed by atoms with van der Waals surface area (Å²) in [6.07, 6.45) is 0. The number of hydrogen-bond acceptors (Lipinski definition) is 6. The summed E-state index contributed by atoms with van der Waals surface area (Å²) in [6.45, 7) is 8.97. The summed E-state index contributed by atoms with van der Waals surface area (Å²) < 4.78 is 47.6. The molecule has 0 spiro atoms. The Bertz CT molecular complexity index is 1360. The van der Waals surface area contributed by atoms with Gasteiger partial charge in [0.25, 0.3) is 0 Å². The van der Waals surface area contributed by atoms with Crippen molar-refractivity contribution in [1.82, 2.24) is 19.4 Å². The highest BCUT2D eigenvalue weighted by molar-refractivity contribution is 7.89. The lowest BCUT2D eigenvalue weighted by molar-refractivity contribution is -0.139. The molecular formula is C28H35FN4O5S. The zero-order valence-electron chi connectivity index (χ0n) is 22.7. The molecule has 2 aromatic rings. The van der Waals surface area contributed by atoms with Gasteiger partial charge in [-0.05, 0) is 57.5 Å². The van der Waals surface area contributed by atoms with E-state index in [2.05, 4.69) is 5.32 Å². The molecule has 0 aliphatic carbocycles. The average molecular weight is 559 g/mol. The number of urea groups is 1. The summed E-state index contributed by atoms with van der Waals surface area (Å²) in [4.78, 5) is 30.2. The summed E-state index contributed by atoms with van der Waals surface area (Å²) in [5, 5.41) is 2.83. The molecule has 0 bridgehead atoms. The van der Waals surface area contributed by atoms with E-state index in [1.54, 1.807) is 44.2 Å². The van der Waals surface area contributed by atoms with E-state index in [9.17, 15) is 22.4 Å². The monoisotopic (exact) mass is 558 g/mol. The molecule has 0 unspecified atom stereocenters. The number of sulfonamides is 1. The Morgan fingerprint density at radius 2 is 1.85 bits per heavy atom. The van der Waals surface area contributed by atoms with Crippen molar-refractivity contribution in [2.45, 2.75) is 44.7 Å². The van der Waals surface area contributed by atoms with E-state index in [0.717, 1.165) is 5.56 Å². The second-order valence-electron chi connectivity index (χ2n) is 9.78. The normalized spacial score (nSPS) is 21.2. The smallest absolute Gasteiger partial charge is 0.338 e. The maximum atomic E-state index is 14.1. The molecule has 2 atom stereocenters. The van der Waals surface area contributed by atoms with Gasteiger partial charge in [0.1, 0.15) is 5.82 Å². The number of benzene rings is 2. The molecule has 1 saturated heterocycles. The summed E-state index contributed by atoms with van der Waals surface area (Å²) in [7, 11) is -3.68. The van der Waals surface area contributed by atoms with Gasteiger partial charge >= 0.3 is 12.0 Å². The van der Waals surface area contributed by atoms with E-state index in [0.29, 0.717) is 30.9 Å². The predicted molar refractivity (Wildman–Crippen MR) is 145 cm³/mol. The van der Waals surface area contributed by atoms with Gasteiger partial charge < -0.3 is 10.1 Å². The predicted octanol–water partition coefficient (Wildman–Crippen LogP) is 3.43. The third-order valence-electron chi connectivity index (χ3n) is 7.08. The zero-order valence-corrected chi connectivity index (χ0v) is 23.5. The van der Waals surface area contributed by atoms with Crippen LogP contribution in [0.25, 0.3) is 0 Å². The molecule has 1 fully saturated rings. The maximum Gasteiger partial charge on any atom is 0.338 e. The Labute approximate surface area is 229 Å². The van der Waals surface area contributed by atoms with Crippen LogP contribution in [0.1, 0.15) is 37.9 Å². The van der Waals surface area contributed by atoms with Crippen LogP contribution in [0.5, 0.6) is 0 Å². The Morgan fingerprint density at radius 1 is 1.13 bits per heavy atom. The molecule has 0 saturated carbocycles. The molecule has 2 aromatic carbocycles. The van der Waals surface area contributed by atoms with Gasteiger partial charge in [0.15, 0.2) is 0 Å². The van der Waals surface area contributed by atoms with Crippen LogP contribution in [-0.2, 0) is 19.6 Å². The van der Waals surface area contributed by atoms with E-state index in [4.69, 9.17) is 4.74 Å². The Hall–Kier alpha value is -3.28. The van der Waals surface area contributed by atoms with Crippen LogP contribution in [0.3, 0.4) is 0 Å². The number of nitrogens with one attached hydrogen (secondary N) is 1. The number of carbonyl (C=O) groups is 2. The highest BCUT2D eigenvalue weighted by Crippen LogP contribution is 2.33. The van der Waals surface area contributed by atoms with E-state index in [1.165, 1.54) is 27.4 Å². The largest absolute Gasteiger partial charge is 0.463 e. The van der Waals surface area contributed by atoms with Crippen molar-refractivity contribution in [3.8, 4) is 0 Å². The fourth-order valence-electron chi connectivity index (χ4n) is 5.17. The standard InChI is InChI=1S/C28H35FN4O5S/c1-5-32-24(25(27(34)38-6-2)26(30-28(32)35)21-8-7-9-22(29)16-21)18-31-14-15-33(20(4)17-31)39(36,37)23-12-10-19(3)11-13-23/h7-13,16,20,26H,5-6,14-15,17-18H2,1-4H3,(H,30,35)/t20-,26+/m0/s1. The Kier molecular flexibility index (Phi) is 8.73. The van der Waals surface area contributed by atoms with E-state index < -0.39 is 33.9 Å². The number of amides is 2. The number of halogens is 1. The SMILES string of the molecule is CCOC(=O)C1=C(CN2CCN(S(=O)(=O)c3ccc(C)cc3)[C@@H](C)C2)N(CC)C(=O)N[C@@H]1c1cccc(F)c1. The summed E-state index contributed by atoms with van der Waals surface area (Å²) in [6, 6.07) is 10.9. The van der Waals surface area contributed by atoms with Crippen LogP contribution in [-0.4, -0.2) is 79.9 Å². The molecule has 0 radical (unpaired) electrons. The number of likely N-dealkylation sites (N-methyl/N-ethyl adjacent to an activating group) is 1. The molecule has 11 heteroatoms. The van der Waals surface area contributed by atoms with Gasteiger partial charge in [0.2, 0.25) is 10.0 Å². The van der Waals surface area contributed by atoms with Crippen LogP contribution in [0.15, 0.2) is 64.7 Å². The molecule has 2 amide bonds. The first-order valence-electron chi connectivity index (χ1n) is 13.1. The summed E-state index contributed by atoms with van der Waals surface area (Å²) in [5.74, 6) is -1.07. The van der Waals surface area contributed by atoms with Gasteiger partial charge in [-0.1, -0.05) is 29.8 Å². The van der Waals surface area contributed by atoms with Crippen molar-refractivity contribution in [3.63, 3.8) is 0 Å². The van der Waals surface area contributed by atoms with Crippen LogP contribution < -0.4 is 5.32 Å². The Balaban J connectivity index is 1.65. The highest BCUT2D eigenvalue weighted by Gasteiger charge is 2.40. The second-order valence-corrected chi connectivity index (χ2v) is 11.7. The molecule has 2 heterocycles. The molecular weight excluding hydrogens is 523 g/mol. The first-order valence-corrected chi connectivity index (χ1v) is 14.5. The topological polar surface area (TPSA) is 99.3 Å². The highest BCUT2D eigenvalue weighted by atomic mass is 32.2. The third-order valence-corrected chi connectivity index (χ3v) is 9.11. The van der Waals surface area contributed by atoms with Crippen molar-refractivity contribution >= 4 is 22.0 Å². The number of nitrogens with zero attached hydrogens (tertiary/aromatic N) is 3. The minimum atomic E-state index is -3.68. The lowest BCUT2D eigenvalue weighted by Gasteiger charge is -2.42. The average Bonchev–Trinajstić information content (AvgIpc) is 2.89. The molecule has 39 heavy (non-hydrogen) atoms. The second kappa shape index (κ2) is 11.8. The van der Waals surface area contributed by atoms with Gasteiger partial charge in [-0.15, -0.1) is 0 Å². The van der Waals surface area contributed by atoms with Crippen molar-refractivity contribution in [3.05, 3.63) is 76.7 Å².